The van der Waals surface area contributed by atoms with Crippen LogP contribution in [0, 0.1) is 0 Å². The summed E-state index contributed by atoms with van der Waals surface area (Å²) in [6.45, 7) is 0. The van der Waals surface area contributed by atoms with Crippen molar-refractivity contribution in [3.05, 3.63) is 193 Å². The molecule has 1 atom stereocenters. The van der Waals surface area contributed by atoms with Crippen LogP contribution in [0.3, 0.4) is 0 Å². The number of thiophene rings is 1. The lowest BCUT2D eigenvalue weighted by atomic mass is 9.98. The van der Waals surface area contributed by atoms with Gasteiger partial charge in [-0.2, -0.15) is 0 Å². The third-order valence-electron chi connectivity index (χ3n) is 9.86. The van der Waals surface area contributed by atoms with E-state index in [0.29, 0.717) is 0 Å². The van der Waals surface area contributed by atoms with Gasteiger partial charge in [0.15, 0.2) is 0 Å². The van der Waals surface area contributed by atoms with Gasteiger partial charge >= 0.3 is 0 Å². The Morgan fingerprint density at radius 1 is 0.500 bits per heavy atom. The molecule has 3 heterocycles. The Bertz CT molecular complexity index is 2770. The highest BCUT2D eigenvalue weighted by atomic mass is 32.1. The van der Waals surface area contributed by atoms with Crippen molar-refractivity contribution in [1.29, 1.82) is 0 Å². The summed E-state index contributed by atoms with van der Waals surface area (Å²) in [5, 5.41) is 8.87. The molecule has 2 aromatic heterocycles. The smallest absolute Gasteiger partial charge is 0.146 e. The van der Waals surface area contributed by atoms with Gasteiger partial charge < -0.3 is 9.88 Å². The molecule has 1 aliphatic heterocycles. The van der Waals surface area contributed by atoms with E-state index in [1.165, 1.54) is 53.1 Å². The number of aromatic nitrogens is 1. The summed E-state index contributed by atoms with van der Waals surface area (Å²) in [6.07, 6.45) is 1.90. The zero-order chi connectivity index (χ0) is 33.0. The number of nitrogens with one attached hydrogen (secondary N) is 1. The molecule has 0 fully saturated rings. The Morgan fingerprint density at radius 3 is 1.96 bits per heavy atom. The van der Waals surface area contributed by atoms with Gasteiger partial charge in [0.2, 0.25) is 0 Å². The van der Waals surface area contributed by atoms with Crippen LogP contribution in [0.2, 0.25) is 0 Å². The number of hydrogen-bond donors (Lipinski definition) is 1. The molecule has 9 aromatic rings. The predicted octanol–water partition coefficient (Wildman–Crippen LogP) is 12.0. The summed E-state index contributed by atoms with van der Waals surface area (Å²) in [7, 11) is 0. The van der Waals surface area contributed by atoms with Crippen LogP contribution in [0.5, 0.6) is 0 Å². The Morgan fingerprint density at radius 2 is 1.14 bits per heavy atom. The van der Waals surface area contributed by atoms with Gasteiger partial charge in [-0.3, -0.25) is 4.99 Å². The van der Waals surface area contributed by atoms with Crippen molar-refractivity contribution in [2.75, 3.05) is 0 Å². The van der Waals surface area contributed by atoms with Crippen molar-refractivity contribution in [3.63, 3.8) is 0 Å². The monoisotopic (exact) mass is 657 g/mol. The van der Waals surface area contributed by atoms with Crippen molar-refractivity contribution in [2.45, 2.75) is 6.17 Å². The lowest BCUT2D eigenvalue weighted by molar-refractivity contribution is 0.669. The molecule has 1 N–H and O–H groups in total. The SMILES string of the molecule is C1=C(c2ccccc2)NC(c2cccc3c2c2ccccc2n3-c2ccc3sc4ccccc4c3c2)N=C1c1ccc(-c2ccccc2)cc1. The topological polar surface area (TPSA) is 29.3 Å². The first-order chi connectivity index (χ1) is 24.8. The quantitative estimate of drug-likeness (QED) is 0.196. The van der Waals surface area contributed by atoms with Gasteiger partial charge in [-0.25, -0.2) is 0 Å². The van der Waals surface area contributed by atoms with Gasteiger partial charge in [-0.05, 0) is 64.7 Å². The van der Waals surface area contributed by atoms with Crippen molar-refractivity contribution in [2.24, 2.45) is 4.99 Å². The highest BCUT2D eigenvalue weighted by Crippen LogP contribution is 2.40. The fourth-order valence-electron chi connectivity index (χ4n) is 7.49. The molecule has 4 heteroatoms. The molecule has 10 rings (SSSR count). The number of rotatable bonds is 5. The first-order valence-electron chi connectivity index (χ1n) is 17.0. The van der Waals surface area contributed by atoms with E-state index in [1.54, 1.807) is 0 Å². The average molecular weight is 658 g/mol. The summed E-state index contributed by atoms with van der Waals surface area (Å²) in [5.74, 6) is 0. The van der Waals surface area contributed by atoms with Gasteiger partial charge in [0, 0.05) is 47.9 Å². The molecule has 0 aliphatic carbocycles. The first-order valence-corrected chi connectivity index (χ1v) is 17.8. The van der Waals surface area contributed by atoms with Crippen molar-refractivity contribution in [3.8, 4) is 16.8 Å². The highest BCUT2D eigenvalue weighted by molar-refractivity contribution is 7.25. The third-order valence-corrected chi connectivity index (χ3v) is 11.0. The van der Waals surface area contributed by atoms with Gasteiger partial charge in [-0.1, -0.05) is 133 Å². The van der Waals surface area contributed by atoms with Crippen LogP contribution in [-0.2, 0) is 0 Å². The summed E-state index contributed by atoms with van der Waals surface area (Å²) in [4.78, 5) is 5.43. The largest absolute Gasteiger partial charge is 0.359 e. The van der Waals surface area contributed by atoms with E-state index >= 15 is 0 Å². The lowest BCUT2D eigenvalue weighted by Gasteiger charge is -2.25. The van der Waals surface area contributed by atoms with Crippen LogP contribution in [0.15, 0.2) is 181 Å². The normalized spacial score (nSPS) is 14.6. The molecule has 1 unspecified atom stereocenters. The Labute approximate surface area is 294 Å². The number of fused-ring (bicyclic) bond motifs is 6. The van der Waals surface area contributed by atoms with E-state index in [4.69, 9.17) is 4.99 Å². The molecule has 7 aromatic carbocycles. The highest BCUT2D eigenvalue weighted by Gasteiger charge is 2.24. The molecule has 1 aliphatic rings. The number of hydrogen-bond acceptors (Lipinski definition) is 3. The molecule has 0 saturated carbocycles. The van der Waals surface area contributed by atoms with Crippen LogP contribution in [0.25, 0.3) is 64.5 Å². The van der Waals surface area contributed by atoms with Gasteiger partial charge in [0.25, 0.3) is 0 Å². The Hall–Kier alpha value is -6.23. The van der Waals surface area contributed by atoms with Crippen LogP contribution in [0.1, 0.15) is 22.9 Å². The van der Waals surface area contributed by atoms with Crippen LogP contribution in [0.4, 0.5) is 0 Å². The molecule has 3 nitrogen and oxygen atoms in total. The fourth-order valence-corrected chi connectivity index (χ4v) is 8.58. The lowest BCUT2D eigenvalue weighted by Crippen LogP contribution is -2.25. The Balaban J connectivity index is 1.15. The maximum atomic E-state index is 5.43. The predicted molar refractivity (Wildman–Crippen MR) is 212 cm³/mol. The summed E-state index contributed by atoms with van der Waals surface area (Å²) < 4.78 is 5.05. The van der Waals surface area contributed by atoms with E-state index in [-0.39, 0.29) is 6.17 Å². The van der Waals surface area contributed by atoms with Gasteiger partial charge in [0.1, 0.15) is 6.17 Å². The maximum Gasteiger partial charge on any atom is 0.146 e. The minimum atomic E-state index is -0.287. The zero-order valence-corrected chi connectivity index (χ0v) is 27.9. The molecule has 0 saturated heterocycles. The van der Waals surface area contributed by atoms with E-state index in [1.807, 2.05) is 11.3 Å². The standard InChI is InChI=1S/C46H31N3S/c1-3-12-30(13-4-1)31-22-24-33(25-23-31)40-29-39(32-14-5-2-6-15-32)47-46(48-40)37-18-11-20-42-45(37)36-17-7-9-19-41(36)49(42)34-26-27-44-38(28-34)35-16-8-10-21-43(35)50-44/h1-29,46-47H. The van der Waals surface area contributed by atoms with Crippen molar-refractivity contribution < 1.29 is 0 Å². The number of aliphatic imine (C=N–C) groups is 1. The fraction of sp³-hybridized carbons (Fsp3) is 0.0217. The second kappa shape index (κ2) is 11.7. The van der Waals surface area contributed by atoms with Crippen molar-refractivity contribution in [1.82, 2.24) is 9.88 Å². The second-order valence-corrected chi connectivity index (χ2v) is 13.9. The number of nitrogens with zero attached hydrogens (tertiary/aromatic N) is 2. The minimum Gasteiger partial charge on any atom is -0.359 e. The summed E-state index contributed by atoms with van der Waals surface area (Å²) in [5.41, 5.74) is 11.3. The van der Waals surface area contributed by atoms with Crippen LogP contribution >= 0.6 is 11.3 Å². The molecule has 0 spiro atoms. The maximum absolute atomic E-state index is 5.43. The first kappa shape index (κ1) is 28.8. The molecular weight excluding hydrogens is 627 g/mol. The van der Waals surface area contributed by atoms with Crippen LogP contribution < -0.4 is 5.32 Å². The molecule has 236 valence electrons. The third kappa shape index (κ3) is 4.76. The molecule has 0 amide bonds. The van der Waals surface area contributed by atoms with Crippen LogP contribution in [-0.4, -0.2) is 10.3 Å². The number of para-hydroxylation sites is 1. The van der Waals surface area contributed by atoms with E-state index in [9.17, 15) is 0 Å². The molecule has 50 heavy (non-hydrogen) atoms. The molecule has 0 radical (unpaired) electrons. The zero-order valence-electron chi connectivity index (χ0n) is 27.1. The summed E-state index contributed by atoms with van der Waals surface area (Å²) >= 11 is 1.85. The Kier molecular flexibility index (Phi) is 6.74. The number of allylic oxidation sites excluding steroid dienone is 1. The number of benzene rings is 7. The van der Waals surface area contributed by atoms with Gasteiger partial charge in [-0.15, -0.1) is 11.3 Å². The van der Waals surface area contributed by atoms with E-state index in [0.717, 1.165) is 33.8 Å². The summed E-state index contributed by atoms with van der Waals surface area (Å²) in [6, 6.07) is 60.9. The molecular formula is C46H31N3S. The van der Waals surface area contributed by atoms with E-state index < -0.39 is 0 Å². The van der Waals surface area contributed by atoms with Gasteiger partial charge in [0.05, 0.1) is 16.7 Å². The minimum absolute atomic E-state index is 0.287. The average Bonchev–Trinajstić information content (AvgIpc) is 3.74. The van der Waals surface area contributed by atoms with E-state index in [2.05, 4.69) is 186 Å². The molecule has 0 bridgehead atoms. The second-order valence-electron chi connectivity index (χ2n) is 12.8. The van der Waals surface area contributed by atoms with Crippen molar-refractivity contribution >= 4 is 64.7 Å².